The lowest BCUT2D eigenvalue weighted by molar-refractivity contribution is 0.398. The smallest absolute Gasteiger partial charge is 0.161 e. The fraction of sp³-hybridized carbons (Fsp3) is 0.273. The summed E-state index contributed by atoms with van der Waals surface area (Å²) in [7, 11) is 0. The van der Waals surface area contributed by atoms with Crippen molar-refractivity contribution in [1.82, 2.24) is 5.32 Å². The molecule has 1 rings (SSSR count). The predicted octanol–water partition coefficient (Wildman–Crippen LogP) is 1.76. The largest absolute Gasteiger partial charge is 0.504 e. The molecule has 1 aromatic carbocycles. The summed E-state index contributed by atoms with van der Waals surface area (Å²) in [6, 6.07) is 4.92. The molecule has 0 radical (unpaired) electrons. The molecule has 0 fully saturated rings. The van der Waals surface area contributed by atoms with E-state index in [0.29, 0.717) is 18.7 Å². The average Bonchev–Trinajstić information content (AvgIpc) is 2.12. The molecule has 3 N–H and O–H groups in total. The summed E-state index contributed by atoms with van der Waals surface area (Å²) in [5.41, 5.74) is 1.72. The lowest BCUT2D eigenvalue weighted by Crippen LogP contribution is -2.15. The van der Waals surface area contributed by atoms with E-state index in [4.69, 9.17) is 0 Å². The number of para-hydroxylation sites is 1. The van der Waals surface area contributed by atoms with Crippen LogP contribution in [0.5, 0.6) is 11.5 Å². The highest BCUT2D eigenvalue weighted by Crippen LogP contribution is 2.27. The zero-order chi connectivity index (χ0) is 10.6. The van der Waals surface area contributed by atoms with Crippen LogP contribution in [-0.4, -0.2) is 16.8 Å². The molecule has 0 aliphatic carbocycles. The van der Waals surface area contributed by atoms with Crippen molar-refractivity contribution >= 4 is 0 Å². The summed E-state index contributed by atoms with van der Waals surface area (Å²) >= 11 is 0. The van der Waals surface area contributed by atoms with Gasteiger partial charge in [-0.1, -0.05) is 24.3 Å². The summed E-state index contributed by atoms with van der Waals surface area (Å²) in [6.07, 6.45) is 0. The third kappa shape index (κ3) is 2.78. The van der Waals surface area contributed by atoms with Crippen molar-refractivity contribution in [3.05, 3.63) is 35.9 Å². The van der Waals surface area contributed by atoms with E-state index in [0.717, 1.165) is 5.57 Å². The van der Waals surface area contributed by atoms with Crippen LogP contribution < -0.4 is 5.32 Å². The minimum Gasteiger partial charge on any atom is -0.504 e. The molecule has 0 unspecified atom stereocenters. The molecule has 1 aromatic rings. The van der Waals surface area contributed by atoms with Crippen molar-refractivity contribution < 1.29 is 10.2 Å². The Bertz CT molecular complexity index is 334. The van der Waals surface area contributed by atoms with E-state index in [1.807, 2.05) is 6.92 Å². The highest BCUT2D eigenvalue weighted by Gasteiger charge is 2.04. The minimum atomic E-state index is -0.0837. The molecule has 0 heterocycles. The summed E-state index contributed by atoms with van der Waals surface area (Å²) in [5.74, 6) is -0.138. The van der Waals surface area contributed by atoms with E-state index >= 15 is 0 Å². The van der Waals surface area contributed by atoms with Crippen molar-refractivity contribution in [1.29, 1.82) is 0 Å². The van der Waals surface area contributed by atoms with Crippen molar-refractivity contribution in [3.8, 4) is 11.5 Å². The molecule has 0 aliphatic rings. The number of aromatic hydroxyl groups is 2. The number of nitrogens with one attached hydrogen (secondary N) is 1. The van der Waals surface area contributed by atoms with E-state index < -0.39 is 0 Å². The van der Waals surface area contributed by atoms with Gasteiger partial charge < -0.3 is 15.5 Å². The van der Waals surface area contributed by atoms with Crippen LogP contribution >= 0.6 is 0 Å². The second-order valence-corrected chi connectivity index (χ2v) is 3.35. The Hall–Kier alpha value is -1.48. The van der Waals surface area contributed by atoms with Gasteiger partial charge in [-0.25, -0.2) is 0 Å². The topological polar surface area (TPSA) is 52.5 Å². The van der Waals surface area contributed by atoms with Gasteiger partial charge in [0, 0.05) is 18.7 Å². The van der Waals surface area contributed by atoms with Crippen molar-refractivity contribution in [3.63, 3.8) is 0 Å². The number of hydrogen-bond donors (Lipinski definition) is 3. The summed E-state index contributed by atoms with van der Waals surface area (Å²) < 4.78 is 0. The summed E-state index contributed by atoms with van der Waals surface area (Å²) in [6.45, 7) is 6.90. The molecule has 0 saturated carbocycles. The minimum absolute atomic E-state index is 0.0540. The van der Waals surface area contributed by atoms with Crippen LogP contribution in [0, 0.1) is 0 Å². The molecular formula is C11H15NO2. The molecule has 0 atom stereocenters. The Morgan fingerprint density at radius 1 is 1.43 bits per heavy atom. The Labute approximate surface area is 83.7 Å². The SMILES string of the molecule is C=C(C)CNCc1cccc(O)c1O. The maximum absolute atomic E-state index is 9.45. The van der Waals surface area contributed by atoms with E-state index in [-0.39, 0.29) is 11.5 Å². The standard InChI is InChI=1S/C11H15NO2/c1-8(2)6-12-7-9-4-3-5-10(13)11(9)14/h3-5,12-14H,1,6-7H2,2H3. The van der Waals surface area contributed by atoms with Gasteiger partial charge in [-0.15, -0.1) is 0 Å². The normalized spacial score (nSPS) is 10.1. The maximum atomic E-state index is 9.45. The van der Waals surface area contributed by atoms with Crippen LogP contribution in [0.1, 0.15) is 12.5 Å². The predicted molar refractivity (Wildman–Crippen MR) is 56.3 cm³/mol. The molecular weight excluding hydrogens is 178 g/mol. The number of rotatable bonds is 4. The van der Waals surface area contributed by atoms with Gasteiger partial charge in [-0.05, 0) is 13.0 Å². The van der Waals surface area contributed by atoms with Crippen LogP contribution in [0.4, 0.5) is 0 Å². The van der Waals surface area contributed by atoms with Crippen molar-refractivity contribution in [2.75, 3.05) is 6.54 Å². The van der Waals surface area contributed by atoms with Crippen LogP contribution in [0.15, 0.2) is 30.4 Å². The molecule has 0 bridgehead atoms. The number of phenols is 2. The van der Waals surface area contributed by atoms with Gasteiger partial charge in [0.1, 0.15) is 0 Å². The molecule has 76 valence electrons. The first-order chi connectivity index (χ1) is 6.61. The van der Waals surface area contributed by atoms with Gasteiger partial charge in [0.2, 0.25) is 0 Å². The van der Waals surface area contributed by atoms with Gasteiger partial charge in [-0.2, -0.15) is 0 Å². The number of hydrogen-bond acceptors (Lipinski definition) is 3. The van der Waals surface area contributed by atoms with Gasteiger partial charge in [0.15, 0.2) is 11.5 Å². The van der Waals surface area contributed by atoms with Gasteiger partial charge >= 0.3 is 0 Å². The zero-order valence-electron chi connectivity index (χ0n) is 8.25. The fourth-order valence-electron chi connectivity index (χ4n) is 1.13. The third-order valence-corrected chi connectivity index (χ3v) is 1.84. The molecule has 0 aliphatic heterocycles. The number of benzene rings is 1. The van der Waals surface area contributed by atoms with E-state index in [2.05, 4.69) is 11.9 Å². The van der Waals surface area contributed by atoms with Crippen molar-refractivity contribution in [2.45, 2.75) is 13.5 Å². The first-order valence-corrected chi connectivity index (χ1v) is 4.46. The van der Waals surface area contributed by atoms with Gasteiger partial charge in [0.05, 0.1) is 0 Å². The highest BCUT2D eigenvalue weighted by molar-refractivity contribution is 5.44. The molecule has 0 amide bonds. The van der Waals surface area contributed by atoms with Crippen molar-refractivity contribution in [2.24, 2.45) is 0 Å². The second kappa shape index (κ2) is 4.67. The van der Waals surface area contributed by atoms with Crippen LogP contribution in [0.25, 0.3) is 0 Å². The van der Waals surface area contributed by atoms with Crippen LogP contribution in [0.3, 0.4) is 0 Å². The molecule has 0 spiro atoms. The highest BCUT2D eigenvalue weighted by atomic mass is 16.3. The Morgan fingerprint density at radius 2 is 2.14 bits per heavy atom. The molecule has 3 nitrogen and oxygen atoms in total. The van der Waals surface area contributed by atoms with Gasteiger partial charge in [-0.3, -0.25) is 0 Å². The van der Waals surface area contributed by atoms with E-state index in [1.54, 1.807) is 12.1 Å². The average molecular weight is 193 g/mol. The quantitative estimate of drug-likeness (QED) is 0.504. The molecule has 0 saturated heterocycles. The maximum Gasteiger partial charge on any atom is 0.161 e. The zero-order valence-corrected chi connectivity index (χ0v) is 8.25. The first kappa shape index (κ1) is 10.6. The fourth-order valence-corrected chi connectivity index (χ4v) is 1.13. The van der Waals surface area contributed by atoms with E-state index in [1.165, 1.54) is 6.07 Å². The number of phenolic OH excluding ortho intramolecular Hbond substituents is 2. The lowest BCUT2D eigenvalue weighted by atomic mass is 10.2. The third-order valence-electron chi connectivity index (χ3n) is 1.84. The first-order valence-electron chi connectivity index (χ1n) is 4.46. The summed E-state index contributed by atoms with van der Waals surface area (Å²) in [4.78, 5) is 0. The molecule has 0 aromatic heterocycles. The van der Waals surface area contributed by atoms with Crippen LogP contribution in [-0.2, 0) is 6.54 Å². The van der Waals surface area contributed by atoms with Gasteiger partial charge in [0.25, 0.3) is 0 Å². The van der Waals surface area contributed by atoms with E-state index in [9.17, 15) is 10.2 Å². The molecule has 3 heteroatoms. The summed E-state index contributed by atoms with van der Waals surface area (Å²) in [5, 5.41) is 21.8. The Morgan fingerprint density at radius 3 is 2.79 bits per heavy atom. The Balaban J connectivity index is 2.59. The van der Waals surface area contributed by atoms with Crippen LogP contribution in [0.2, 0.25) is 0 Å². The lowest BCUT2D eigenvalue weighted by Gasteiger charge is -2.07. The Kier molecular flexibility index (Phi) is 3.54. The molecule has 14 heavy (non-hydrogen) atoms. The second-order valence-electron chi connectivity index (χ2n) is 3.35. The monoisotopic (exact) mass is 193 g/mol.